The Balaban J connectivity index is 2.55. The Morgan fingerprint density at radius 2 is 2.33 bits per heavy atom. The van der Waals surface area contributed by atoms with E-state index in [1.807, 2.05) is 19.1 Å². The van der Waals surface area contributed by atoms with Crippen molar-refractivity contribution in [2.45, 2.75) is 6.92 Å². The van der Waals surface area contributed by atoms with Gasteiger partial charge in [0, 0.05) is 4.47 Å². The standard InChI is InChI=1S/C9H8BrN3S2/c1-4-2-5(10)3-6-7(4)12-9(15-6)13-8(11)14/h2-3H,1H3,(H3,11,12,13,14). The van der Waals surface area contributed by atoms with E-state index in [2.05, 4.69) is 26.2 Å². The van der Waals surface area contributed by atoms with Crippen molar-refractivity contribution in [2.75, 3.05) is 5.32 Å². The van der Waals surface area contributed by atoms with E-state index in [0.717, 1.165) is 25.4 Å². The fourth-order valence-corrected chi connectivity index (χ4v) is 3.19. The van der Waals surface area contributed by atoms with Gasteiger partial charge in [-0.2, -0.15) is 0 Å². The summed E-state index contributed by atoms with van der Waals surface area (Å²) in [5.41, 5.74) is 7.51. The lowest BCUT2D eigenvalue weighted by Crippen LogP contribution is -2.18. The molecule has 1 aromatic heterocycles. The highest BCUT2D eigenvalue weighted by atomic mass is 79.9. The van der Waals surface area contributed by atoms with Gasteiger partial charge in [-0.1, -0.05) is 27.3 Å². The van der Waals surface area contributed by atoms with Gasteiger partial charge in [0.05, 0.1) is 10.2 Å². The number of halogens is 1. The average molecular weight is 302 g/mol. The number of aromatic nitrogens is 1. The molecule has 0 fully saturated rings. The summed E-state index contributed by atoms with van der Waals surface area (Å²) in [6, 6.07) is 4.07. The van der Waals surface area contributed by atoms with E-state index < -0.39 is 0 Å². The second kappa shape index (κ2) is 4.03. The number of aryl methyl sites for hydroxylation is 1. The Hall–Kier alpha value is -0.720. The van der Waals surface area contributed by atoms with Gasteiger partial charge in [0.2, 0.25) is 0 Å². The monoisotopic (exact) mass is 301 g/mol. The summed E-state index contributed by atoms with van der Waals surface area (Å²) < 4.78 is 2.17. The molecule has 0 saturated heterocycles. The SMILES string of the molecule is Cc1cc(Br)cc2sc(NC(N)=S)nc12. The Kier molecular flexibility index (Phi) is 2.90. The number of nitrogens with zero attached hydrogens (tertiary/aromatic N) is 1. The number of hydrogen-bond donors (Lipinski definition) is 2. The van der Waals surface area contributed by atoms with Crippen LogP contribution in [0.4, 0.5) is 5.13 Å². The highest BCUT2D eigenvalue weighted by Crippen LogP contribution is 2.30. The molecule has 78 valence electrons. The zero-order chi connectivity index (χ0) is 11.0. The first-order chi connectivity index (χ1) is 7.06. The molecule has 0 radical (unpaired) electrons. The molecule has 2 rings (SSSR count). The van der Waals surface area contributed by atoms with Crippen molar-refractivity contribution >= 4 is 59.9 Å². The molecule has 3 nitrogen and oxygen atoms in total. The summed E-state index contributed by atoms with van der Waals surface area (Å²) in [7, 11) is 0. The summed E-state index contributed by atoms with van der Waals surface area (Å²) in [5.74, 6) is 0. The van der Waals surface area contributed by atoms with Crippen molar-refractivity contribution in [3.05, 3.63) is 22.2 Å². The lowest BCUT2D eigenvalue weighted by molar-refractivity contribution is 1.41. The highest BCUT2D eigenvalue weighted by molar-refractivity contribution is 9.10. The number of anilines is 1. The molecule has 3 N–H and O–H groups in total. The normalized spacial score (nSPS) is 10.5. The molecule has 6 heteroatoms. The molecule has 1 heterocycles. The van der Waals surface area contributed by atoms with Crippen LogP contribution >= 0.6 is 39.5 Å². The average Bonchev–Trinajstić information content (AvgIpc) is 2.45. The number of nitrogens with two attached hydrogens (primary N) is 1. The lowest BCUT2D eigenvalue weighted by atomic mass is 10.2. The molecule has 15 heavy (non-hydrogen) atoms. The molecule has 0 unspecified atom stereocenters. The van der Waals surface area contributed by atoms with Gasteiger partial charge in [-0.3, -0.25) is 0 Å². The third kappa shape index (κ3) is 2.27. The van der Waals surface area contributed by atoms with E-state index in [1.165, 1.54) is 11.3 Å². The van der Waals surface area contributed by atoms with E-state index in [1.54, 1.807) is 0 Å². The van der Waals surface area contributed by atoms with Crippen LogP contribution < -0.4 is 11.1 Å². The number of rotatable bonds is 1. The number of hydrogen-bond acceptors (Lipinski definition) is 3. The molecule has 0 aliphatic heterocycles. The fraction of sp³-hybridized carbons (Fsp3) is 0.111. The first-order valence-electron chi connectivity index (χ1n) is 4.19. The Labute approximate surface area is 105 Å². The van der Waals surface area contributed by atoms with Crippen LogP contribution in [0.5, 0.6) is 0 Å². The molecule has 0 spiro atoms. The van der Waals surface area contributed by atoms with Gasteiger partial charge in [-0.15, -0.1) is 0 Å². The third-order valence-corrected chi connectivity index (χ3v) is 3.36. The lowest BCUT2D eigenvalue weighted by Gasteiger charge is -1.95. The molecule has 0 atom stereocenters. The maximum Gasteiger partial charge on any atom is 0.190 e. The fourth-order valence-electron chi connectivity index (χ4n) is 1.31. The van der Waals surface area contributed by atoms with Crippen molar-refractivity contribution in [3.63, 3.8) is 0 Å². The summed E-state index contributed by atoms with van der Waals surface area (Å²) >= 11 is 9.75. The van der Waals surface area contributed by atoms with Crippen LogP contribution in [-0.4, -0.2) is 10.1 Å². The Bertz CT molecular complexity index is 535. The summed E-state index contributed by atoms with van der Waals surface area (Å²) in [6.07, 6.45) is 0. The first-order valence-corrected chi connectivity index (χ1v) is 6.21. The van der Waals surface area contributed by atoms with Crippen LogP contribution in [0, 0.1) is 6.92 Å². The second-order valence-corrected chi connectivity index (χ2v) is 5.46. The van der Waals surface area contributed by atoms with Crippen LogP contribution in [0.1, 0.15) is 5.56 Å². The van der Waals surface area contributed by atoms with Crippen molar-refractivity contribution in [1.29, 1.82) is 0 Å². The van der Waals surface area contributed by atoms with Crippen LogP contribution in [0.3, 0.4) is 0 Å². The topological polar surface area (TPSA) is 50.9 Å². The molecule has 0 aliphatic rings. The molecule has 0 amide bonds. The van der Waals surface area contributed by atoms with Crippen molar-refractivity contribution < 1.29 is 0 Å². The van der Waals surface area contributed by atoms with Gasteiger partial charge in [-0.05, 0) is 36.8 Å². The molecule has 1 aromatic carbocycles. The summed E-state index contributed by atoms with van der Waals surface area (Å²) in [4.78, 5) is 4.41. The zero-order valence-corrected chi connectivity index (χ0v) is 11.1. The van der Waals surface area contributed by atoms with Gasteiger partial charge >= 0.3 is 0 Å². The van der Waals surface area contributed by atoms with Crippen LogP contribution in [0.15, 0.2) is 16.6 Å². The Morgan fingerprint density at radius 3 is 3.00 bits per heavy atom. The van der Waals surface area contributed by atoms with E-state index >= 15 is 0 Å². The van der Waals surface area contributed by atoms with Gasteiger partial charge < -0.3 is 11.1 Å². The number of fused-ring (bicyclic) bond motifs is 1. The van der Waals surface area contributed by atoms with Crippen molar-refractivity contribution in [1.82, 2.24) is 4.98 Å². The van der Waals surface area contributed by atoms with Gasteiger partial charge in [0.25, 0.3) is 0 Å². The maximum atomic E-state index is 5.39. The van der Waals surface area contributed by atoms with Crippen LogP contribution in [0.25, 0.3) is 10.2 Å². The summed E-state index contributed by atoms with van der Waals surface area (Å²) in [5, 5.41) is 3.82. The molecule has 2 aromatic rings. The minimum absolute atomic E-state index is 0.241. The molecule has 0 saturated carbocycles. The number of benzene rings is 1. The molecule has 0 aliphatic carbocycles. The zero-order valence-electron chi connectivity index (χ0n) is 7.87. The van der Waals surface area contributed by atoms with E-state index in [4.69, 9.17) is 18.0 Å². The largest absolute Gasteiger partial charge is 0.376 e. The van der Waals surface area contributed by atoms with Crippen molar-refractivity contribution in [2.24, 2.45) is 5.73 Å². The van der Waals surface area contributed by atoms with E-state index in [0.29, 0.717) is 0 Å². The quantitative estimate of drug-likeness (QED) is 0.795. The minimum atomic E-state index is 0.241. The minimum Gasteiger partial charge on any atom is -0.376 e. The van der Waals surface area contributed by atoms with Gasteiger partial charge in [0.1, 0.15) is 0 Å². The van der Waals surface area contributed by atoms with E-state index in [-0.39, 0.29) is 5.11 Å². The smallest absolute Gasteiger partial charge is 0.190 e. The maximum absolute atomic E-state index is 5.39. The Morgan fingerprint density at radius 1 is 1.60 bits per heavy atom. The van der Waals surface area contributed by atoms with Crippen LogP contribution in [-0.2, 0) is 0 Å². The second-order valence-electron chi connectivity index (χ2n) is 3.08. The van der Waals surface area contributed by atoms with Crippen molar-refractivity contribution in [3.8, 4) is 0 Å². The predicted molar refractivity (Wildman–Crippen MR) is 72.5 cm³/mol. The number of thiazole rings is 1. The van der Waals surface area contributed by atoms with Gasteiger partial charge in [0.15, 0.2) is 10.2 Å². The molecular formula is C9H8BrN3S2. The highest BCUT2D eigenvalue weighted by Gasteiger charge is 2.07. The van der Waals surface area contributed by atoms with E-state index in [9.17, 15) is 0 Å². The number of thiocarbonyl (C=S) groups is 1. The third-order valence-electron chi connectivity index (χ3n) is 1.88. The van der Waals surface area contributed by atoms with Gasteiger partial charge in [-0.25, -0.2) is 4.98 Å². The summed E-state index contributed by atoms with van der Waals surface area (Å²) in [6.45, 7) is 2.03. The van der Waals surface area contributed by atoms with Crippen LogP contribution in [0.2, 0.25) is 0 Å². The predicted octanol–water partition coefficient (Wildman–Crippen LogP) is 3.02. The number of nitrogens with one attached hydrogen (secondary N) is 1. The molecular weight excluding hydrogens is 294 g/mol. The first kappa shape index (κ1) is 10.8. The molecule has 0 bridgehead atoms.